The average molecular weight is 284 g/mol. The van der Waals surface area contributed by atoms with Crippen LogP contribution in [0, 0.1) is 0 Å². The van der Waals surface area contributed by atoms with Gasteiger partial charge in [-0.25, -0.2) is 0 Å². The van der Waals surface area contributed by atoms with Gasteiger partial charge in [0.1, 0.15) is 5.76 Å². The monoisotopic (exact) mass is 284 g/mol. The summed E-state index contributed by atoms with van der Waals surface area (Å²) in [5, 5.41) is 2.81. The van der Waals surface area contributed by atoms with Gasteiger partial charge in [0.25, 0.3) is 0 Å². The Hall–Kier alpha value is -2.56. The van der Waals surface area contributed by atoms with E-state index in [1.165, 1.54) is 0 Å². The summed E-state index contributed by atoms with van der Waals surface area (Å²) < 4.78 is 5.16. The molecule has 1 aliphatic rings. The lowest BCUT2D eigenvalue weighted by Crippen LogP contribution is -2.24. The van der Waals surface area contributed by atoms with Gasteiger partial charge in [0, 0.05) is 12.7 Å². The Bertz CT molecular complexity index is 677. The second kappa shape index (κ2) is 5.44. The van der Waals surface area contributed by atoms with E-state index in [2.05, 4.69) is 5.32 Å². The largest absolute Gasteiger partial charge is 0.467 e. The van der Waals surface area contributed by atoms with Gasteiger partial charge in [0.2, 0.25) is 11.8 Å². The molecular formula is C16H16N2O3. The highest BCUT2D eigenvalue weighted by Crippen LogP contribution is 2.28. The van der Waals surface area contributed by atoms with Gasteiger partial charge in [-0.2, -0.15) is 0 Å². The van der Waals surface area contributed by atoms with Crippen LogP contribution in [0.15, 0.2) is 41.0 Å². The third kappa shape index (κ3) is 2.81. The summed E-state index contributed by atoms with van der Waals surface area (Å²) in [5.74, 6) is 0.748. The van der Waals surface area contributed by atoms with Crippen molar-refractivity contribution in [2.24, 2.45) is 0 Å². The number of carbonyl (C=O) groups is 2. The molecule has 1 aromatic heterocycles. The Morgan fingerprint density at radius 3 is 3.00 bits per heavy atom. The van der Waals surface area contributed by atoms with Crippen LogP contribution in [0.5, 0.6) is 0 Å². The van der Waals surface area contributed by atoms with Crippen LogP contribution in [0.4, 0.5) is 5.69 Å². The standard InChI is InChI=1S/C16H16N2O3/c1-18-14-5-4-11(7-12(14)9-16(18)20)8-15(19)17-10-13-3-2-6-21-13/h2-7H,8-10H2,1H3,(H,17,19). The summed E-state index contributed by atoms with van der Waals surface area (Å²) in [6.07, 6.45) is 2.29. The maximum Gasteiger partial charge on any atom is 0.231 e. The molecule has 2 aromatic rings. The third-order valence-electron chi connectivity index (χ3n) is 3.63. The van der Waals surface area contributed by atoms with Crippen LogP contribution >= 0.6 is 0 Å². The number of hydrogen-bond donors (Lipinski definition) is 1. The quantitative estimate of drug-likeness (QED) is 0.928. The normalized spacial score (nSPS) is 13.4. The maximum atomic E-state index is 11.9. The first-order valence-corrected chi connectivity index (χ1v) is 6.81. The molecule has 0 aliphatic carbocycles. The van der Waals surface area contributed by atoms with E-state index in [1.54, 1.807) is 24.3 Å². The van der Waals surface area contributed by atoms with E-state index >= 15 is 0 Å². The summed E-state index contributed by atoms with van der Waals surface area (Å²) in [6, 6.07) is 9.33. The van der Waals surface area contributed by atoms with Crippen LogP contribution in [0.25, 0.3) is 0 Å². The zero-order valence-electron chi connectivity index (χ0n) is 11.8. The van der Waals surface area contributed by atoms with Crippen LogP contribution in [-0.2, 0) is 29.0 Å². The molecule has 5 heteroatoms. The van der Waals surface area contributed by atoms with E-state index in [4.69, 9.17) is 4.42 Å². The second-order valence-electron chi connectivity index (χ2n) is 5.13. The number of rotatable bonds is 4. The molecule has 0 atom stereocenters. The summed E-state index contributed by atoms with van der Waals surface area (Å²) in [5.41, 5.74) is 2.83. The number of nitrogens with zero attached hydrogens (tertiary/aromatic N) is 1. The predicted molar refractivity (Wildman–Crippen MR) is 77.8 cm³/mol. The Morgan fingerprint density at radius 1 is 1.38 bits per heavy atom. The number of furan rings is 1. The van der Waals surface area contributed by atoms with Gasteiger partial charge in [-0.3, -0.25) is 9.59 Å². The first kappa shape index (κ1) is 13.4. The topological polar surface area (TPSA) is 62.6 Å². The molecule has 1 aromatic carbocycles. The molecule has 0 unspecified atom stereocenters. The van der Waals surface area contributed by atoms with E-state index in [9.17, 15) is 9.59 Å². The molecule has 0 saturated heterocycles. The average Bonchev–Trinajstić information content (AvgIpc) is 3.06. The van der Waals surface area contributed by atoms with E-state index < -0.39 is 0 Å². The molecule has 1 aliphatic heterocycles. The zero-order chi connectivity index (χ0) is 14.8. The molecular weight excluding hydrogens is 268 g/mol. The molecule has 5 nitrogen and oxygen atoms in total. The zero-order valence-corrected chi connectivity index (χ0v) is 11.8. The van der Waals surface area contributed by atoms with Crippen molar-refractivity contribution in [3.8, 4) is 0 Å². The van der Waals surface area contributed by atoms with Gasteiger partial charge in [-0.05, 0) is 29.3 Å². The van der Waals surface area contributed by atoms with Crippen LogP contribution in [0.3, 0.4) is 0 Å². The summed E-state index contributed by atoms with van der Waals surface area (Å²) in [7, 11) is 1.77. The number of hydrogen-bond acceptors (Lipinski definition) is 3. The fourth-order valence-electron chi connectivity index (χ4n) is 2.48. The lowest BCUT2D eigenvalue weighted by atomic mass is 10.1. The van der Waals surface area contributed by atoms with E-state index in [0.29, 0.717) is 19.4 Å². The Labute approximate surface area is 122 Å². The Kier molecular flexibility index (Phi) is 3.48. The van der Waals surface area contributed by atoms with Gasteiger partial charge in [-0.15, -0.1) is 0 Å². The lowest BCUT2D eigenvalue weighted by molar-refractivity contribution is -0.120. The predicted octanol–water partition coefficient (Wildman–Crippen LogP) is 1.66. The molecule has 0 saturated carbocycles. The smallest absolute Gasteiger partial charge is 0.231 e. The number of benzene rings is 1. The van der Waals surface area contributed by atoms with Gasteiger partial charge >= 0.3 is 0 Å². The van der Waals surface area contributed by atoms with Crippen molar-refractivity contribution in [2.75, 3.05) is 11.9 Å². The number of nitrogens with one attached hydrogen (secondary N) is 1. The number of anilines is 1. The fourth-order valence-corrected chi connectivity index (χ4v) is 2.48. The summed E-state index contributed by atoms with van der Waals surface area (Å²) in [4.78, 5) is 25.2. The van der Waals surface area contributed by atoms with Crippen molar-refractivity contribution in [3.63, 3.8) is 0 Å². The first-order chi connectivity index (χ1) is 10.1. The second-order valence-corrected chi connectivity index (χ2v) is 5.13. The highest BCUT2D eigenvalue weighted by Gasteiger charge is 2.23. The molecule has 0 fully saturated rings. The van der Waals surface area contributed by atoms with Crippen molar-refractivity contribution >= 4 is 17.5 Å². The van der Waals surface area contributed by atoms with Crippen molar-refractivity contribution in [3.05, 3.63) is 53.5 Å². The molecule has 2 amide bonds. The van der Waals surface area contributed by atoms with E-state index in [-0.39, 0.29) is 11.8 Å². The molecule has 21 heavy (non-hydrogen) atoms. The highest BCUT2D eigenvalue weighted by molar-refractivity contribution is 6.01. The molecule has 0 bridgehead atoms. The van der Waals surface area contributed by atoms with Gasteiger partial charge in [0.05, 0.1) is 25.6 Å². The third-order valence-corrected chi connectivity index (χ3v) is 3.63. The van der Waals surface area contributed by atoms with Crippen molar-refractivity contribution < 1.29 is 14.0 Å². The van der Waals surface area contributed by atoms with E-state index in [1.807, 2.05) is 24.3 Å². The van der Waals surface area contributed by atoms with E-state index in [0.717, 1.165) is 22.6 Å². The minimum Gasteiger partial charge on any atom is -0.467 e. The maximum absolute atomic E-state index is 11.9. The molecule has 0 spiro atoms. The highest BCUT2D eigenvalue weighted by atomic mass is 16.3. The number of likely N-dealkylation sites (N-methyl/N-ethyl adjacent to an activating group) is 1. The molecule has 3 rings (SSSR count). The van der Waals surface area contributed by atoms with Crippen LogP contribution in [-0.4, -0.2) is 18.9 Å². The number of amides is 2. The molecule has 0 radical (unpaired) electrons. The van der Waals surface area contributed by atoms with Crippen LogP contribution in [0.2, 0.25) is 0 Å². The summed E-state index contributed by atoms with van der Waals surface area (Å²) in [6.45, 7) is 0.387. The minimum absolute atomic E-state index is 0.0657. The lowest BCUT2D eigenvalue weighted by Gasteiger charge is -2.10. The van der Waals surface area contributed by atoms with Gasteiger partial charge in [-0.1, -0.05) is 12.1 Å². The van der Waals surface area contributed by atoms with Crippen LogP contribution < -0.4 is 10.2 Å². The molecule has 108 valence electrons. The minimum atomic E-state index is -0.0657. The SMILES string of the molecule is CN1C(=O)Cc2cc(CC(=O)NCc3ccco3)ccc21. The molecule has 1 N–H and O–H groups in total. The van der Waals surface area contributed by atoms with Gasteiger partial charge in [0.15, 0.2) is 0 Å². The summed E-state index contributed by atoms with van der Waals surface area (Å²) >= 11 is 0. The first-order valence-electron chi connectivity index (χ1n) is 6.81. The number of fused-ring (bicyclic) bond motifs is 1. The number of carbonyl (C=O) groups excluding carboxylic acids is 2. The van der Waals surface area contributed by atoms with Crippen molar-refractivity contribution in [2.45, 2.75) is 19.4 Å². The van der Waals surface area contributed by atoms with Crippen LogP contribution in [0.1, 0.15) is 16.9 Å². The van der Waals surface area contributed by atoms with Crippen molar-refractivity contribution in [1.82, 2.24) is 5.32 Å². The van der Waals surface area contributed by atoms with Gasteiger partial charge < -0.3 is 14.6 Å². The molecule has 2 heterocycles. The Morgan fingerprint density at radius 2 is 2.24 bits per heavy atom. The Balaban J connectivity index is 1.62. The van der Waals surface area contributed by atoms with Crippen molar-refractivity contribution in [1.29, 1.82) is 0 Å². The fraction of sp³-hybridized carbons (Fsp3) is 0.250.